The maximum atomic E-state index is 12.8. The van der Waals surface area contributed by atoms with Crippen molar-refractivity contribution in [3.05, 3.63) is 42.5 Å². The zero-order valence-electron chi connectivity index (χ0n) is 10.5. The molecule has 20 heavy (non-hydrogen) atoms. The molecule has 0 fully saturated rings. The van der Waals surface area contributed by atoms with E-state index >= 15 is 0 Å². The topological polar surface area (TPSA) is 101 Å². The standard InChI is InChI=1S/C11H12FN5O2S/c1-17(9-4-2-8(12)3-5-9)20(18,19)10-6-14-11(16-13)15-7-10/h2-7H,13H2,1H3,(H,14,15,16). The second kappa shape index (κ2) is 5.39. The predicted molar refractivity (Wildman–Crippen MR) is 71.8 cm³/mol. The number of hydrazine groups is 1. The van der Waals surface area contributed by atoms with E-state index in [0.717, 1.165) is 16.7 Å². The zero-order chi connectivity index (χ0) is 14.8. The maximum absolute atomic E-state index is 12.8. The molecule has 1 heterocycles. The van der Waals surface area contributed by atoms with E-state index in [1.54, 1.807) is 0 Å². The monoisotopic (exact) mass is 297 g/mol. The first-order valence-corrected chi connectivity index (χ1v) is 6.92. The van der Waals surface area contributed by atoms with Crippen molar-refractivity contribution >= 4 is 21.7 Å². The summed E-state index contributed by atoms with van der Waals surface area (Å²) in [5.74, 6) is 4.77. The Morgan fingerprint density at radius 2 is 1.75 bits per heavy atom. The number of nitrogens with one attached hydrogen (secondary N) is 1. The predicted octanol–water partition coefficient (Wildman–Crippen LogP) is 0.726. The van der Waals surface area contributed by atoms with Gasteiger partial charge in [0.25, 0.3) is 10.0 Å². The maximum Gasteiger partial charge on any atom is 0.267 e. The quantitative estimate of drug-likeness (QED) is 0.637. The summed E-state index contributed by atoms with van der Waals surface area (Å²) in [5.41, 5.74) is 2.53. The molecule has 0 aliphatic heterocycles. The van der Waals surface area contributed by atoms with E-state index in [1.165, 1.54) is 31.3 Å². The molecule has 3 N–H and O–H groups in total. The summed E-state index contributed by atoms with van der Waals surface area (Å²) in [4.78, 5) is 7.39. The fourth-order valence-electron chi connectivity index (χ4n) is 1.47. The molecule has 0 spiro atoms. The van der Waals surface area contributed by atoms with Crippen LogP contribution in [0.4, 0.5) is 16.0 Å². The molecule has 106 valence electrons. The van der Waals surface area contributed by atoms with Gasteiger partial charge < -0.3 is 0 Å². The van der Waals surface area contributed by atoms with Gasteiger partial charge in [-0.15, -0.1) is 0 Å². The summed E-state index contributed by atoms with van der Waals surface area (Å²) >= 11 is 0. The van der Waals surface area contributed by atoms with Gasteiger partial charge in [0.1, 0.15) is 10.7 Å². The lowest BCUT2D eigenvalue weighted by atomic mass is 10.3. The fourth-order valence-corrected chi connectivity index (χ4v) is 2.56. The Morgan fingerprint density at radius 1 is 1.20 bits per heavy atom. The van der Waals surface area contributed by atoms with Gasteiger partial charge in [-0.1, -0.05) is 0 Å². The Bertz CT molecular complexity index is 688. The van der Waals surface area contributed by atoms with Crippen molar-refractivity contribution in [1.29, 1.82) is 0 Å². The second-order valence-electron chi connectivity index (χ2n) is 3.84. The van der Waals surface area contributed by atoms with Crippen LogP contribution in [0.5, 0.6) is 0 Å². The average molecular weight is 297 g/mol. The van der Waals surface area contributed by atoms with E-state index in [4.69, 9.17) is 5.84 Å². The lowest BCUT2D eigenvalue weighted by Gasteiger charge is -2.19. The van der Waals surface area contributed by atoms with Crippen molar-refractivity contribution in [1.82, 2.24) is 9.97 Å². The number of nitrogens with zero attached hydrogens (tertiary/aromatic N) is 3. The number of nitrogens with two attached hydrogens (primary N) is 1. The van der Waals surface area contributed by atoms with Gasteiger partial charge in [0, 0.05) is 7.05 Å². The summed E-state index contributed by atoms with van der Waals surface area (Å²) in [6.07, 6.45) is 2.27. The minimum Gasteiger partial charge on any atom is -0.292 e. The minimum atomic E-state index is -3.81. The van der Waals surface area contributed by atoms with Crippen molar-refractivity contribution in [3.8, 4) is 0 Å². The van der Waals surface area contributed by atoms with Gasteiger partial charge in [-0.2, -0.15) is 0 Å². The lowest BCUT2D eigenvalue weighted by molar-refractivity contribution is 0.593. The minimum absolute atomic E-state index is 0.0941. The molecule has 0 aliphatic carbocycles. The number of sulfonamides is 1. The number of anilines is 2. The Balaban J connectivity index is 2.35. The Labute approximate surface area is 115 Å². The largest absolute Gasteiger partial charge is 0.292 e. The molecule has 2 aromatic rings. The van der Waals surface area contributed by atoms with Crippen LogP contribution in [0.3, 0.4) is 0 Å². The van der Waals surface area contributed by atoms with E-state index in [9.17, 15) is 12.8 Å². The van der Waals surface area contributed by atoms with Gasteiger partial charge in [-0.3, -0.25) is 9.73 Å². The lowest BCUT2D eigenvalue weighted by Crippen LogP contribution is -2.27. The van der Waals surface area contributed by atoms with Gasteiger partial charge in [0.05, 0.1) is 18.1 Å². The summed E-state index contributed by atoms with van der Waals surface area (Å²) in [5, 5.41) is 0. The van der Waals surface area contributed by atoms with Gasteiger partial charge in [0.15, 0.2) is 0 Å². The third kappa shape index (κ3) is 2.68. The molecule has 0 aliphatic rings. The number of aromatic nitrogens is 2. The zero-order valence-corrected chi connectivity index (χ0v) is 11.3. The van der Waals surface area contributed by atoms with E-state index < -0.39 is 15.8 Å². The third-order valence-corrected chi connectivity index (χ3v) is 4.34. The molecule has 0 radical (unpaired) electrons. The second-order valence-corrected chi connectivity index (χ2v) is 5.80. The van der Waals surface area contributed by atoms with Crippen molar-refractivity contribution < 1.29 is 12.8 Å². The number of hydrogen-bond acceptors (Lipinski definition) is 6. The molecule has 0 amide bonds. The van der Waals surface area contributed by atoms with E-state index in [2.05, 4.69) is 15.4 Å². The fraction of sp³-hybridized carbons (Fsp3) is 0.0909. The van der Waals surface area contributed by atoms with Crippen molar-refractivity contribution in [2.24, 2.45) is 5.84 Å². The molecule has 7 nitrogen and oxygen atoms in total. The van der Waals surface area contributed by atoms with Crippen LogP contribution in [0.1, 0.15) is 0 Å². The van der Waals surface area contributed by atoms with Crippen LogP contribution in [-0.4, -0.2) is 25.4 Å². The van der Waals surface area contributed by atoms with Crippen molar-refractivity contribution in [2.45, 2.75) is 4.90 Å². The van der Waals surface area contributed by atoms with Crippen LogP contribution in [0.25, 0.3) is 0 Å². The Morgan fingerprint density at radius 3 is 2.25 bits per heavy atom. The van der Waals surface area contributed by atoms with Crippen LogP contribution >= 0.6 is 0 Å². The third-order valence-electron chi connectivity index (χ3n) is 2.61. The first kappa shape index (κ1) is 14.2. The van der Waals surface area contributed by atoms with Gasteiger partial charge in [-0.05, 0) is 24.3 Å². The number of rotatable bonds is 4. The first-order valence-electron chi connectivity index (χ1n) is 5.48. The van der Waals surface area contributed by atoms with Crippen LogP contribution in [0.2, 0.25) is 0 Å². The summed E-state index contributed by atoms with van der Waals surface area (Å²) in [6, 6.07) is 5.09. The van der Waals surface area contributed by atoms with Gasteiger partial charge in [-0.25, -0.2) is 28.6 Å². The molecule has 1 aromatic carbocycles. The van der Waals surface area contributed by atoms with E-state index in [0.29, 0.717) is 5.69 Å². The van der Waals surface area contributed by atoms with Crippen LogP contribution in [0, 0.1) is 5.82 Å². The normalized spacial score (nSPS) is 11.2. The molecule has 0 saturated heterocycles. The van der Waals surface area contributed by atoms with Crippen molar-refractivity contribution in [2.75, 3.05) is 16.8 Å². The highest BCUT2D eigenvalue weighted by Crippen LogP contribution is 2.21. The van der Waals surface area contributed by atoms with Crippen LogP contribution in [-0.2, 0) is 10.0 Å². The molecule has 0 bridgehead atoms. The number of hydrogen-bond donors (Lipinski definition) is 2. The van der Waals surface area contributed by atoms with Crippen LogP contribution in [0.15, 0.2) is 41.6 Å². The SMILES string of the molecule is CN(c1ccc(F)cc1)S(=O)(=O)c1cnc(NN)nc1. The van der Waals surface area contributed by atoms with E-state index in [1.807, 2.05) is 0 Å². The highest BCUT2D eigenvalue weighted by Gasteiger charge is 2.22. The molecule has 9 heteroatoms. The van der Waals surface area contributed by atoms with Gasteiger partial charge >= 0.3 is 0 Å². The smallest absolute Gasteiger partial charge is 0.267 e. The molecule has 0 atom stereocenters. The Kier molecular flexibility index (Phi) is 3.81. The number of nitrogen functional groups attached to an aromatic ring is 1. The molecule has 0 unspecified atom stereocenters. The molecular weight excluding hydrogens is 285 g/mol. The number of halogens is 1. The van der Waals surface area contributed by atoms with Crippen LogP contribution < -0.4 is 15.6 Å². The Hall–Kier alpha value is -2.26. The highest BCUT2D eigenvalue weighted by molar-refractivity contribution is 7.92. The summed E-state index contributed by atoms with van der Waals surface area (Å²) in [6.45, 7) is 0. The first-order chi connectivity index (χ1) is 9.45. The average Bonchev–Trinajstić information content (AvgIpc) is 2.47. The molecular formula is C11H12FN5O2S. The van der Waals surface area contributed by atoms with Gasteiger partial charge in [0.2, 0.25) is 5.95 Å². The number of benzene rings is 1. The summed E-state index contributed by atoms with van der Waals surface area (Å²) < 4.78 is 38.5. The van der Waals surface area contributed by atoms with Crippen molar-refractivity contribution in [3.63, 3.8) is 0 Å². The summed E-state index contributed by atoms with van der Waals surface area (Å²) in [7, 11) is -2.45. The molecule has 2 rings (SSSR count). The van der Waals surface area contributed by atoms with E-state index in [-0.39, 0.29) is 10.8 Å². The highest BCUT2D eigenvalue weighted by atomic mass is 32.2. The molecule has 1 aromatic heterocycles. The molecule has 0 saturated carbocycles.